The highest BCUT2D eigenvalue weighted by molar-refractivity contribution is 9.59. The molecule has 0 aliphatic heterocycles. The van der Waals surface area contributed by atoms with E-state index in [2.05, 4.69) is 43.3 Å². The summed E-state index contributed by atoms with van der Waals surface area (Å²) in [6.45, 7) is 0. The lowest BCUT2D eigenvalue weighted by Gasteiger charge is -2.16. The molecule has 0 nitrogen and oxygen atoms in total. The van der Waals surface area contributed by atoms with Crippen LogP contribution in [-0.2, 0) is 0 Å². The van der Waals surface area contributed by atoms with Gasteiger partial charge in [-0.3, -0.25) is 0 Å². The van der Waals surface area contributed by atoms with Gasteiger partial charge in [-0.25, -0.2) is 0 Å². The fraction of sp³-hybridized carbons (Fsp3) is 1.00. The number of alkyl halides is 1. The molecule has 0 saturated heterocycles. The van der Waals surface area contributed by atoms with E-state index in [1.165, 1.54) is 0 Å². The molecule has 0 amide bonds. The maximum absolute atomic E-state index is 3.51. The lowest BCUT2D eigenvalue weighted by atomic mass is 11.9. The van der Waals surface area contributed by atoms with Crippen LogP contribution in [0.2, 0.25) is 0 Å². The van der Waals surface area contributed by atoms with E-state index in [9.17, 15) is 0 Å². The average molecular weight is 236 g/mol. The molecule has 0 aromatic heterocycles. The molecule has 0 saturated carbocycles. The Hall–Kier alpha value is 1.31. The van der Waals surface area contributed by atoms with E-state index in [-0.39, 0.29) is 0 Å². The topological polar surface area (TPSA) is 0 Å². The Kier molecular flexibility index (Phi) is 3.14. The fourth-order valence-corrected chi connectivity index (χ4v) is 0. The minimum absolute atomic E-state index is 0.433. The Labute approximate surface area is 56.3 Å². The molecular weight excluding hydrogens is 228 g/mol. The van der Waals surface area contributed by atoms with Crippen molar-refractivity contribution in [2.45, 2.75) is 0 Å². The first kappa shape index (κ1) is 7.31. The first-order valence-electron chi connectivity index (χ1n) is 1.53. The summed E-state index contributed by atoms with van der Waals surface area (Å²) in [5.41, 5.74) is 0. The second kappa shape index (κ2) is 2.58. The number of rotatable bonds is 1. The van der Waals surface area contributed by atoms with Crippen molar-refractivity contribution in [3.8, 4) is 0 Å². The van der Waals surface area contributed by atoms with E-state index in [4.69, 9.17) is 0 Å². The molecule has 0 aromatic carbocycles. The standard InChI is InChI=1S/C3H8Br2S/c1-6(2,5)3-4/h3H2,1-2H3. The van der Waals surface area contributed by atoms with Crippen molar-refractivity contribution in [2.75, 3.05) is 17.2 Å². The van der Waals surface area contributed by atoms with Crippen LogP contribution < -0.4 is 0 Å². The van der Waals surface area contributed by atoms with Crippen molar-refractivity contribution in [1.82, 2.24) is 0 Å². The van der Waals surface area contributed by atoms with E-state index < -0.39 is 8.46 Å². The quantitative estimate of drug-likeness (QED) is 0.614. The molecule has 0 bridgehead atoms. The summed E-state index contributed by atoms with van der Waals surface area (Å²) in [4.78, 5) is 0. The van der Waals surface area contributed by atoms with Gasteiger partial charge in [-0.15, -0.1) is 0 Å². The fourth-order valence-electron chi connectivity index (χ4n) is 0. The van der Waals surface area contributed by atoms with Crippen molar-refractivity contribution in [2.24, 2.45) is 0 Å². The maximum atomic E-state index is 3.51. The molecular formula is C3H8Br2S. The summed E-state index contributed by atoms with van der Waals surface area (Å²) in [6, 6.07) is 0. The molecule has 0 aliphatic rings. The Morgan fingerprint density at radius 1 is 1.50 bits per heavy atom. The highest BCUT2D eigenvalue weighted by Crippen LogP contribution is 2.49. The molecule has 0 spiro atoms. The third-order valence-electron chi connectivity index (χ3n) is 0.259. The summed E-state index contributed by atoms with van der Waals surface area (Å²) in [7, 11) is -0.433. The molecule has 0 aromatic rings. The van der Waals surface area contributed by atoms with Gasteiger partial charge >= 0.3 is 0 Å². The third kappa shape index (κ3) is 5.31. The van der Waals surface area contributed by atoms with Crippen LogP contribution in [0.5, 0.6) is 0 Å². The predicted octanol–water partition coefficient (Wildman–Crippen LogP) is 2.71. The van der Waals surface area contributed by atoms with Crippen LogP contribution in [0.3, 0.4) is 0 Å². The van der Waals surface area contributed by atoms with Crippen molar-refractivity contribution in [3.05, 3.63) is 0 Å². The predicted molar refractivity (Wildman–Crippen MR) is 42.2 cm³/mol. The molecule has 40 valence electrons. The summed E-state index contributed by atoms with van der Waals surface area (Å²) >= 11 is 6.87. The minimum Gasteiger partial charge on any atom is -0.179 e. The van der Waals surface area contributed by atoms with Gasteiger partial charge in [0.25, 0.3) is 0 Å². The van der Waals surface area contributed by atoms with E-state index in [1.54, 1.807) is 0 Å². The van der Waals surface area contributed by atoms with E-state index in [0.29, 0.717) is 0 Å². The van der Waals surface area contributed by atoms with Crippen molar-refractivity contribution in [1.29, 1.82) is 0 Å². The van der Waals surface area contributed by atoms with Gasteiger partial charge in [0.15, 0.2) is 0 Å². The van der Waals surface area contributed by atoms with Gasteiger partial charge in [0.05, 0.1) is 0 Å². The first-order chi connectivity index (χ1) is 2.56. The van der Waals surface area contributed by atoms with Crippen molar-refractivity contribution in [3.63, 3.8) is 0 Å². The largest absolute Gasteiger partial charge is 0.179 e. The molecule has 0 aliphatic carbocycles. The van der Waals surface area contributed by atoms with Gasteiger partial charge in [-0.1, -0.05) is 15.9 Å². The van der Waals surface area contributed by atoms with Crippen LogP contribution in [0.15, 0.2) is 0 Å². The Bertz CT molecular complexity index is 38.5. The van der Waals surface area contributed by atoms with Crippen LogP contribution in [0.1, 0.15) is 0 Å². The van der Waals surface area contributed by atoms with Crippen molar-refractivity contribution < 1.29 is 0 Å². The summed E-state index contributed by atoms with van der Waals surface area (Å²) in [5.74, 6) is 0. The number of hydrogen-bond donors (Lipinski definition) is 0. The van der Waals surface area contributed by atoms with E-state index in [0.717, 1.165) is 4.66 Å². The van der Waals surface area contributed by atoms with E-state index >= 15 is 0 Å². The Balaban J connectivity index is 3.17. The summed E-state index contributed by atoms with van der Waals surface area (Å²) in [5, 5.41) is 0. The summed E-state index contributed by atoms with van der Waals surface area (Å²) < 4.78 is 1.08. The van der Waals surface area contributed by atoms with E-state index in [1.807, 2.05) is 0 Å². The van der Waals surface area contributed by atoms with Gasteiger partial charge in [0.2, 0.25) is 0 Å². The van der Waals surface area contributed by atoms with Gasteiger partial charge < -0.3 is 0 Å². The second-order valence-corrected chi connectivity index (χ2v) is 11.2. The number of halogens is 2. The molecule has 0 heterocycles. The smallest absolute Gasteiger partial charge is 0.0416 e. The van der Waals surface area contributed by atoms with Gasteiger partial charge in [-0.05, 0) is 27.3 Å². The van der Waals surface area contributed by atoms with Crippen LogP contribution in [0.4, 0.5) is 0 Å². The maximum Gasteiger partial charge on any atom is 0.0416 e. The van der Waals surface area contributed by atoms with Gasteiger partial charge in [0, 0.05) is 4.66 Å². The lowest BCUT2D eigenvalue weighted by molar-refractivity contribution is 2.13. The molecule has 0 fully saturated rings. The average Bonchev–Trinajstić information content (AvgIpc) is 1.35. The molecule has 0 unspecified atom stereocenters. The molecule has 6 heavy (non-hydrogen) atoms. The Morgan fingerprint density at radius 2 is 1.67 bits per heavy atom. The zero-order valence-electron chi connectivity index (χ0n) is 3.87. The van der Waals surface area contributed by atoms with Crippen molar-refractivity contribution >= 4 is 39.2 Å². The molecule has 0 radical (unpaired) electrons. The van der Waals surface area contributed by atoms with Crippen LogP contribution in [0.25, 0.3) is 0 Å². The SMILES string of the molecule is CS(C)(Br)CBr. The zero-order valence-corrected chi connectivity index (χ0v) is 7.86. The Morgan fingerprint density at radius 3 is 1.67 bits per heavy atom. The molecule has 0 N–H and O–H groups in total. The number of hydrogen-bond acceptors (Lipinski definition) is 0. The minimum atomic E-state index is -0.433. The first-order valence-corrected chi connectivity index (χ1v) is 7.11. The van der Waals surface area contributed by atoms with Crippen LogP contribution >= 0.6 is 39.2 Å². The highest BCUT2D eigenvalue weighted by atomic mass is 79.9. The normalized spacial score (nSPS) is 14.7. The van der Waals surface area contributed by atoms with Crippen LogP contribution in [-0.4, -0.2) is 17.2 Å². The van der Waals surface area contributed by atoms with Gasteiger partial charge in [0.1, 0.15) is 0 Å². The van der Waals surface area contributed by atoms with Gasteiger partial charge in [-0.2, -0.15) is 8.46 Å². The monoisotopic (exact) mass is 234 g/mol. The molecule has 0 rings (SSSR count). The molecule has 0 atom stereocenters. The zero-order chi connectivity index (χ0) is 5.21. The lowest BCUT2D eigenvalue weighted by Crippen LogP contribution is -1.80. The third-order valence-corrected chi connectivity index (χ3v) is 6.74. The molecule has 3 heteroatoms. The highest BCUT2D eigenvalue weighted by Gasteiger charge is 1.99. The summed E-state index contributed by atoms with van der Waals surface area (Å²) in [6.07, 6.45) is 4.39. The second-order valence-electron chi connectivity index (χ2n) is 1.51. The van der Waals surface area contributed by atoms with Crippen LogP contribution in [0, 0.1) is 0 Å².